The average molecular weight is 354 g/mol. The Bertz CT molecular complexity index is 510. The summed E-state index contributed by atoms with van der Waals surface area (Å²) in [6.45, 7) is 2.50. The first-order chi connectivity index (χ1) is 11.2. The summed E-state index contributed by atoms with van der Waals surface area (Å²) in [4.78, 5) is 28.1. The maximum Gasteiger partial charge on any atom is 0.242 e. The Kier molecular flexibility index (Phi) is 9.42. The van der Waals surface area contributed by atoms with Crippen LogP contribution >= 0.6 is 12.4 Å². The third kappa shape index (κ3) is 6.49. The highest BCUT2D eigenvalue weighted by Gasteiger charge is 2.22. The Morgan fingerprint density at radius 1 is 1.12 bits per heavy atom. The fourth-order valence-corrected chi connectivity index (χ4v) is 2.89. The molecule has 1 aliphatic rings. The lowest BCUT2D eigenvalue weighted by molar-refractivity contribution is -0.140. The molecule has 0 saturated carbocycles. The monoisotopic (exact) mass is 353 g/mol. The van der Waals surface area contributed by atoms with Gasteiger partial charge in [-0.3, -0.25) is 9.59 Å². The number of hydrogen-bond acceptors (Lipinski definition) is 3. The molecule has 0 atom stereocenters. The lowest BCUT2D eigenvalue weighted by Crippen LogP contribution is -2.45. The molecule has 2 rings (SSSR count). The average Bonchev–Trinajstić information content (AvgIpc) is 2.77. The van der Waals surface area contributed by atoms with E-state index in [0.29, 0.717) is 32.6 Å². The zero-order valence-electron chi connectivity index (χ0n) is 14.2. The van der Waals surface area contributed by atoms with Gasteiger partial charge in [-0.2, -0.15) is 0 Å². The van der Waals surface area contributed by atoms with Crippen molar-refractivity contribution in [2.45, 2.75) is 32.1 Å². The SMILES string of the molecule is Cl.NCCN(CCc1ccccc1)C(=O)CN1CCCCCC1=O. The molecule has 24 heavy (non-hydrogen) atoms. The third-order valence-corrected chi connectivity index (χ3v) is 4.26. The van der Waals surface area contributed by atoms with Crippen molar-refractivity contribution < 1.29 is 9.59 Å². The van der Waals surface area contributed by atoms with E-state index in [1.165, 1.54) is 5.56 Å². The van der Waals surface area contributed by atoms with E-state index in [1.807, 2.05) is 18.2 Å². The van der Waals surface area contributed by atoms with Crippen molar-refractivity contribution >= 4 is 24.2 Å². The largest absolute Gasteiger partial charge is 0.340 e. The van der Waals surface area contributed by atoms with Crippen molar-refractivity contribution in [2.75, 3.05) is 32.7 Å². The molecule has 0 spiro atoms. The highest BCUT2D eigenvalue weighted by atomic mass is 35.5. The summed E-state index contributed by atoms with van der Waals surface area (Å²) in [6, 6.07) is 10.1. The van der Waals surface area contributed by atoms with Gasteiger partial charge in [0, 0.05) is 32.6 Å². The Morgan fingerprint density at radius 2 is 1.88 bits per heavy atom. The molecular weight excluding hydrogens is 326 g/mol. The zero-order chi connectivity index (χ0) is 16.5. The maximum atomic E-state index is 12.6. The van der Waals surface area contributed by atoms with E-state index in [-0.39, 0.29) is 30.8 Å². The van der Waals surface area contributed by atoms with Crippen molar-refractivity contribution in [3.05, 3.63) is 35.9 Å². The number of amides is 2. The van der Waals surface area contributed by atoms with E-state index < -0.39 is 0 Å². The highest BCUT2D eigenvalue weighted by Crippen LogP contribution is 2.11. The predicted molar refractivity (Wildman–Crippen MR) is 98.1 cm³/mol. The number of benzene rings is 1. The quantitative estimate of drug-likeness (QED) is 0.813. The van der Waals surface area contributed by atoms with Crippen molar-refractivity contribution in [3.63, 3.8) is 0 Å². The Labute approximate surface area is 150 Å². The van der Waals surface area contributed by atoms with Gasteiger partial charge in [0.25, 0.3) is 0 Å². The van der Waals surface area contributed by atoms with Crippen LogP contribution in [0.15, 0.2) is 30.3 Å². The summed E-state index contributed by atoms with van der Waals surface area (Å²) in [7, 11) is 0. The molecular formula is C18H28ClN3O2. The Morgan fingerprint density at radius 3 is 2.58 bits per heavy atom. The van der Waals surface area contributed by atoms with Gasteiger partial charge in [0.05, 0.1) is 6.54 Å². The number of carbonyl (C=O) groups excluding carboxylic acids is 2. The lowest BCUT2D eigenvalue weighted by atomic mass is 10.1. The van der Waals surface area contributed by atoms with Crippen LogP contribution in [0.3, 0.4) is 0 Å². The second kappa shape index (κ2) is 11.0. The molecule has 0 aromatic heterocycles. The summed E-state index contributed by atoms with van der Waals surface area (Å²) in [5, 5.41) is 0. The van der Waals surface area contributed by atoms with E-state index >= 15 is 0 Å². The van der Waals surface area contributed by atoms with Gasteiger partial charge in [0.15, 0.2) is 0 Å². The van der Waals surface area contributed by atoms with E-state index in [4.69, 9.17) is 5.73 Å². The fourth-order valence-electron chi connectivity index (χ4n) is 2.89. The normalized spacial score (nSPS) is 14.7. The molecule has 6 heteroatoms. The molecule has 1 aromatic rings. The van der Waals surface area contributed by atoms with E-state index in [1.54, 1.807) is 9.80 Å². The Hall–Kier alpha value is -1.59. The molecule has 5 nitrogen and oxygen atoms in total. The van der Waals surface area contributed by atoms with E-state index in [9.17, 15) is 9.59 Å². The fraction of sp³-hybridized carbons (Fsp3) is 0.556. The predicted octanol–water partition coefficient (Wildman–Crippen LogP) is 1.84. The zero-order valence-corrected chi connectivity index (χ0v) is 15.0. The van der Waals surface area contributed by atoms with Crippen molar-refractivity contribution in [3.8, 4) is 0 Å². The molecule has 1 aromatic carbocycles. The van der Waals surface area contributed by atoms with Gasteiger partial charge in [0.2, 0.25) is 11.8 Å². The smallest absolute Gasteiger partial charge is 0.242 e. The van der Waals surface area contributed by atoms with Crippen LogP contribution in [0.1, 0.15) is 31.2 Å². The molecule has 2 N–H and O–H groups in total. The number of nitrogens with zero attached hydrogens (tertiary/aromatic N) is 2. The lowest BCUT2D eigenvalue weighted by Gasteiger charge is -2.26. The van der Waals surface area contributed by atoms with Crippen LogP contribution in [0.5, 0.6) is 0 Å². The minimum absolute atomic E-state index is 0. The van der Waals surface area contributed by atoms with Gasteiger partial charge < -0.3 is 15.5 Å². The first-order valence-corrected chi connectivity index (χ1v) is 8.50. The van der Waals surface area contributed by atoms with Crippen molar-refractivity contribution in [1.29, 1.82) is 0 Å². The van der Waals surface area contributed by atoms with Crippen LogP contribution in [0, 0.1) is 0 Å². The van der Waals surface area contributed by atoms with E-state index in [2.05, 4.69) is 12.1 Å². The number of likely N-dealkylation sites (tertiary alicyclic amines) is 1. The Balaban J connectivity index is 0.00000288. The molecule has 134 valence electrons. The highest BCUT2D eigenvalue weighted by molar-refractivity contribution is 5.85. The van der Waals surface area contributed by atoms with Gasteiger partial charge in [-0.15, -0.1) is 12.4 Å². The number of carbonyl (C=O) groups is 2. The molecule has 1 heterocycles. The summed E-state index contributed by atoms with van der Waals surface area (Å²) in [5.41, 5.74) is 6.85. The molecule has 1 fully saturated rings. The van der Waals surface area contributed by atoms with Gasteiger partial charge in [-0.1, -0.05) is 36.8 Å². The van der Waals surface area contributed by atoms with Crippen LogP contribution in [0.4, 0.5) is 0 Å². The third-order valence-electron chi connectivity index (χ3n) is 4.26. The summed E-state index contributed by atoms with van der Waals surface area (Å²) < 4.78 is 0. The molecule has 0 bridgehead atoms. The number of hydrogen-bond donors (Lipinski definition) is 1. The van der Waals surface area contributed by atoms with Crippen LogP contribution in [-0.4, -0.2) is 54.3 Å². The van der Waals surface area contributed by atoms with Crippen LogP contribution in [-0.2, 0) is 16.0 Å². The standard InChI is InChI=1S/C18H27N3O2.ClH/c19-11-14-20(13-10-16-7-3-1-4-8-16)18(23)15-21-12-6-2-5-9-17(21)22;/h1,3-4,7-8H,2,5-6,9-15,19H2;1H. The van der Waals surface area contributed by atoms with Crippen molar-refractivity contribution in [1.82, 2.24) is 9.80 Å². The molecule has 2 amide bonds. The van der Waals surface area contributed by atoms with Gasteiger partial charge >= 0.3 is 0 Å². The summed E-state index contributed by atoms with van der Waals surface area (Å²) in [5.74, 6) is 0.105. The topological polar surface area (TPSA) is 66.6 Å². The van der Waals surface area contributed by atoms with Gasteiger partial charge in [0.1, 0.15) is 0 Å². The molecule has 0 radical (unpaired) electrons. The second-order valence-electron chi connectivity index (χ2n) is 6.03. The molecule has 0 unspecified atom stereocenters. The molecule has 1 aliphatic heterocycles. The minimum Gasteiger partial charge on any atom is -0.340 e. The van der Waals surface area contributed by atoms with Gasteiger partial charge in [-0.05, 0) is 24.8 Å². The van der Waals surface area contributed by atoms with Crippen molar-refractivity contribution in [2.24, 2.45) is 5.73 Å². The van der Waals surface area contributed by atoms with E-state index in [0.717, 1.165) is 25.7 Å². The van der Waals surface area contributed by atoms with Crippen LogP contribution < -0.4 is 5.73 Å². The summed E-state index contributed by atoms with van der Waals surface area (Å²) >= 11 is 0. The first-order valence-electron chi connectivity index (χ1n) is 8.50. The second-order valence-corrected chi connectivity index (χ2v) is 6.03. The summed E-state index contributed by atoms with van der Waals surface area (Å²) in [6.07, 6.45) is 4.36. The maximum absolute atomic E-state index is 12.6. The van der Waals surface area contributed by atoms with Crippen LogP contribution in [0.2, 0.25) is 0 Å². The number of nitrogens with two attached hydrogens (primary N) is 1. The minimum atomic E-state index is 0. The first kappa shape index (κ1) is 20.5. The molecule has 1 saturated heterocycles. The number of halogens is 1. The molecule has 0 aliphatic carbocycles. The van der Waals surface area contributed by atoms with Crippen LogP contribution in [0.25, 0.3) is 0 Å². The number of rotatable bonds is 7. The van der Waals surface area contributed by atoms with Gasteiger partial charge in [-0.25, -0.2) is 0 Å².